The summed E-state index contributed by atoms with van der Waals surface area (Å²) in [6.07, 6.45) is -0.120. The molecule has 118 valence electrons. The van der Waals surface area contributed by atoms with Gasteiger partial charge in [-0.3, -0.25) is 0 Å². The van der Waals surface area contributed by atoms with E-state index in [1.54, 1.807) is 6.26 Å². The normalized spacial score (nSPS) is 32.9. The number of nitrogens with zero attached hydrogens (tertiary/aromatic N) is 3. The van der Waals surface area contributed by atoms with Crippen molar-refractivity contribution in [3.8, 4) is 0 Å². The highest BCUT2D eigenvalue weighted by Crippen LogP contribution is 2.33. The van der Waals surface area contributed by atoms with Crippen molar-refractivity contribution in [2.24, 2.45) is 0 Å². The number of thioether (sulfide) groups is 1. The van der Waals surface area contributed by atoms with Crippen molar-refractivity contribution in [1.82, 2.24) is 15.0 Å². The van der Waals surface area contributed by atoms with Gasteiger partial charge in [0.2, 0.25) is 0 Å². The molecule has 0 saturated carbocycles. The maximum absolute atomic E-state index is 11.4. The first-order chi connectivity index (χ1) is 10.0. The first-order valence-electron chi connectivity index (χ1n) is 6.18. The van der Waals surface area contributed by atoms with E-state index in [9.17, 15) is 20.1 Å². The van der Waals surface area contributed by atoms with Gasteiger partial charge in [0, 0.05) is 0 Å². The van der Waals surface area contributed by atoms with E-state index in [0.717, 1.165) is 0 Å². The van der Waals surface area contributed by atoms with Crippen LogP contribution in [0.5, 0.6) is 0 Å². The fourth-order valence-corrected chi connectivity index (χ4v) is 2.89. The van der Waals surface area contributed by atoms with E-state index in [1.807, 2.05) is 0 Å². The molecule has 1 aromatic rings. The lowest BCUT2D eigenvalue weighted by molar-refractivity contribution is -0.178. The number of methoxy groups -OCH3 is 1. The topological polar surface area (TPSA) is 127 Å². The van der Waals surface area contributed by atoms with E-state index >= 15 is 0 Å². The third-order valence-corrected chi connectivity index (χ3v) is 4.15. The Hall–Kier alpha value is -1.20. The molecule has 0 spiro atoms. The highest BCUT2D eigenvalue weighted by atomic mass is 32.2. The van der Waals surface area contributed by atoms with Gasteiger partial charge in [-0.15, -0.1) is 16.9 Å². The number of hydrogen-bond acceptors (Lipinski definition) is 9. The van der Waals surface area contributed by atoms with E-state index in [4.69, 9.17) is 4.74 Å². The number of rotatable bonds is 4. The second kappa shape index (κ2) is 6.71. The van der Waals surface area contributed by atoms with Crippen LogP contribution in [0, 0.1) is 0 Å². The molecule has 0 amide bonds. The molecule has 3 N–H and O–H groups in total. The molecule has 1 saturated heterocycles. The van der Waals surface area contributed by atoms with Gasteiger partial charge < -0.3 is 24.8 Å². The van der Waals surface area contributed by atoms with Gasteiger partial charge in [-0.05, 0) is 6.26 Å². The summed E-state index contributed by atoms with van der Waals surface area (Å²) in [4.78, 5) is 11.4. The summed E-state index contributed by atoms with van der Waals surface area (Å²) >= 11 is 1.24. The SMILES string of the molecule is COC(=O)c1cn(C2C(O)C(CO)OC(SC)C2O)nn1. The summed E-state index contributed by atoms with van der Waals surface area (Å²) in [5.41, 5.74) is -0.675. The lowest BCUT2D eigenvalue weighted by Gasteiger charge is -2.41. The fourth-order valence-electron chi connectivity index (χ4n) is 2.20. The van der Waals surface area contributed by atoms with Crippen LogP contribution in [0.1, 0.15) is 16.5 Å². The van der Waals surface area contributed by atoms with E-state index < -0.39 is 42.4 Å². The lowest BCUT2D eigenvalue weighted by Crippen LogP contribution is -2.54. The van der Waals surface area contributed by atoms with Crippen LogP contribution in [0.3, 0.4) is 0 Å². The molecule has 1 aromatic heterocycles. The Balaban J connectivity index is 2.29. The fraction of sp³-hybridized carbons (Fsp3) is 0.727. The maximum Gasteiger partial charge on any atom is 0.360 e. The Morgan fingerprint density at radius 2 is 2.24 bits per heavy atom. The van der Waals surface area contributed by atoms with E-state index in [2.05, 4.69) is 15.0 Å². The van der Waals surface area contributed by atoms with E-state index in [0.29, 0.717) is 0 Å². The lowest BCUT2D eigenvalue weighted by atomic mass is 9.97. The van der Waals surface area contributed by atoms with Crippen LogP contribution in [0.15, 0.2) is 6.20 Å². The Bertz CT molecular complexity index is 482. The zero-order valence-corrected chi connectivity index (χ0v) is 12.3. The van der Waals surface area contributed by atoms with Crippen LogP contribution in [0.2, 0.25) is 0 Å². The van der Waals surface area contributed by atoms with Crippen molar-refractivity contribution in [3.63, 3.8) is 0 Å². The first kappa shape index (κ1) is 16.2. The quantitative estimate of drug-likeness (QED) is 0.563. The molecule has 0 bridgehead atoms. The number of aromatic nitrogens is 3. The molecule has 1 fully saturated rings. The number of carbonyl (C=O) groups excluding carboxylic acids is 1. The van der Waals surface area contributed by atoms with Gasteiger partial charge in [-0.1, -0.05) is 5.21 Å². The molecule has 9 nitrogen and oxygen atoms in total. The molecule has 5 atom stereocenters. The Kier molecular flexibility index (Phi) is 5.17. The predicted octanol–water partition coefficient (Wildman–Crippen LogP) is -1.59. The highest BCUT2D eigenvalue weighted by molar-refractivity contribution is 7.99. The summed E-state index contributed by atoms with van der Waals surface area (Å²) in [7, 11) is 1.21. The average molecular weight is 319 g/mol. The van der Waals surface area contributed by atoms with Crippen LogP contribution in [-0.2, 0) is 9.47 Å². The number of esters is 1. The van der Waals surface area contributed by atoms with E-state index in [-0.39, 0.29) is 5.69 Å². The predicted molar refractivity (Wildman–Crippen MR) is 71.7 cm³/mol. The average Bonchev–Trinajstić information content (AvgIpc) is 2.96. The molecule has 0 radical (unpaired) electrons. The van der Waals surface area contributed by atoms with Gasteiger partial charge in [-0.2, -0.15) is 0 Å². The third kappa shape index (κ3) is 3.04. The Labute approximate surface area is 124 Å². The van der Waals surface area contributed by atoms with Crippen LogP contribution in [0.25, 0.3) is 0 Å². The summed E-state index contributed by atoms with van der Waals surface area (Å²) < 4.78 is 11.1. The van der Waals surface area contributed by atoms with Crippen molar-refractivity contribution in [2.75, 3.05) is 20.0 Å². The van der Waals surface area contributed by atoms with Gasteiger partial charge in [-0.25, -0.2) is 9.48 Å². The molecule has 5 unspecified atom stereocenters. The first-order valence-corrected chi connectivity index (χ1v) is 7.47. The minimum absolute atomic E-state index is 0.0374. The van der Waals surface area contributed by atoms with Crippen LogP contribution in [-0.4, -0.2) is 80.0 Å². The number of hydrogen-bond donors (Lipinski definition) is 3. The Morgan fingerprint density at radius 1 is 1.52 bits per heavy atom. The van der Waals surface area contributed by atoms with Crippen molar-refractivity contribution in [3.05, 3.63) is 11.9 Å². The molecule has 0 aliphatic carbocycles. The number of aliphatic hydroxyl groups excluding tert-OH is 3. The minimum Gasteiger partial charge on any atom is -0.464 e. The van der Waals surface area contributed by atoms with Crippen molar-refractivity contribution < 1.29 is 29.6 Å². The number of aliphatic hydroxyl groups is 3. The molecule has 10 heteroatoms. The third-order valence-electron chi connectivity index (χ3n) is 3.29. The summed E-state index contributed by atoms with van der Waals surface area (Å²) in [6.45, 7) is -0.403. The smallest absolute Gasteiger partial charge is 0.360 e. The van der Waals surface area contributed by atoms with Gasteiger partial charge in [0.05, 0.1) is 19.9 Å². The Morgan fingerprint density at radius 3 is 2.81 bits per heavy atom. The van der Waals surface area contributed by atoms with E-state index in [1.165, 1.54) is 29.8 Å². The second-order valence-corrected chi connectivity index (χ2v) is 5.44. The van der Waals surface area contributed by atoms with Gasteiger partial charge in [0.1, 0.15) is 29.8 Å². The number of carbonyl (C=O) groups is 1. The monoisotopic (exact) mass is 319 g/mol. The molecule has 2 rings (SSSR count). The molecular weight excluding hydrogens is 302 g/mol. The summed E-state index contributed by atoms with van der Waals surface area (Å²) in [5.74, 6) is -0.669. The molecule has 1 aliphatic heterocycles. The van der Waals surface area contributed by atoms with Gasteiger partial charge >= 0.3 is 5.97 Å². The molecule has 0 aromatic carbocycles. The maximum atomic E-state index is 11.4. The minimum atomic E-state index is -1.19. The van der Waals surface area contributed by atoms with Crippen LogP contribution < -0.4 is 0 Å². The molecular formula is C11H17N3O6S. The highest BCUT2D eigenvalue weighted by Gasteiger charge is 2.45. The van der Waals surface area contributed by atoms with Crippen LogP contribution >= 0.6 is 11.8 Å². The molecule has 1 aliphatic rings. The van der Waals surface area contributed by atoms with Crippen molar-refractivity contribution in [2.45, 2.75) is 29.8 Å². The van der Waals surface area contributed by atoms with Crippen LogP contribution in [0.4, 0.5) is 0 Å². The molecule has 21 heavy (non-hydrogen) atoms. The zero-order chi connectivity index (χ0) is 15.6. The summed E-state index contributed by atoms with van der Waals surface area (Å²) in [6, 6.07) is -0.890. The second-order valence-electron chi connectivity index (χ2n) is 4.51. The zero-order valence-electron chi connectivity index (χ0n) is 11.5. The van der Waals surface area contributed by atoms with Crippen molar-refractivity contribution in [1.29, 1.82) is 0 Å². The summed E-state index contributed by atoms with van der Waals surface area (Å²) in [5, 5.41) is 37.1. The van der Waals surface area contributed by atoms with Gasteiger partial charge in [0.15, 0.2) is 5.69 Å². The largest absolute Gasteiger partial charge is 0.464 e. The number of ether oxygens (including phenoxy) is 2. The molecule has 2 heterocycles. The van der Waals surface area contributed by atoms with Gasteiger partial charge in [0.25, 0.3) is 0 Å². The van der Waals surface area contributed by atoms with Crippen molar-refractivity contribution >= 4 is 17.7 Å². The standard InChI is InChI=1S/C11H17N3O6S/c1-19-10(18)5-3-14(13-12-5)7-8(16)6(4-15)20-11(21-2)9(7)17/h3,6-9,11,15-17H,4H2,1-2H3.